The lowest BCUT2D eigenvalue weighted by Crippen LogP contribution is -2.33. The van der Waals surface area contributed by atoms with Crippen LogP contribution in [0.5, 0.6) is 11.5 Å². The summed E-state index contributed by atoms with van der Waals surface area (Å²) in [5, 5.41) is 2.80. The molecule has 2 aromatic rings. The first-order chi connectivity index (χ1) is 13.8. The van der Waals surface area contributed by atoms with Gasteiger partial charge in [-0.1, -0.05) is 12.1 Å². The summed E-state index contributed by atoms with van der Waals surface area (Å²) >= 11 is 0. The van der Waals surface area contributed by atoms with Crippen molar-refractivity contribution < 1.29 is 22.7 Å². The number of amides is 1. The molecular weight excluding hydrogens is 392 g/mol. The van der Waals surface area contributed by atoms with Crippen molar-refractivity contribution in [1.29, 1.82) is 0 Å². The third-order valence-electron chi connectivity index (χ3n) is 5.06. The third kappa shape index (κ3) is 5.07. The Kier molecular flexibility index (Phi) is 6.44. The standard InChI is InChI=1S/C21H26N2O5S/c1-27-16-9-10-18(20(13-16)28-2)19-8-5-11-23(19)14-21(24)22-15-6-4-7-17(12-15)29(3,25)26/h4,6-7,9-10,12-13,19H,5,8,11,14H2,1-3H3,(H,22,24)/t19-/m1/s1. The Morgan fingerprint density at radius 2 is 1.97 bits per heavy atom. The topological polar surface area (TPSA) is 84.9 Å². The SMILES string of the molecule is COc1ccc([C@H]2CCCN2CC(=O)Nc2cccc(S(C)(=O)=O)c2)c(OC)c1. The minimum absolute atomic E-state index is 0.0731. The highest BCUT2D eigenvalue weighted by Crippen LogP contribution is 2.38. The molecule has 0 spiro atoms. The number of methoxy groups -OCH3 is 2. The van der Waals surface area contributed by atoms with E-state index in [0.717, 1.165) is 42.7 Å². The van der Waals surface area contributed by atoms with Gasteiger partial charge < -0.3 is 14.8 Å². The van der Waals surface area contributed by atoms with Crippen LogP contribution in [-0.4, -0.2) is 52.8 Å². The number of nitrogens with one attached hydrogen (secondary N) is 1. The quantitative estimate of drug-likeness (QED) is 0.744. The van der Waals surface area contributed by atoms with Gasteiger partial charge in [0.25, 0.3) is 0 Å². The third-order valence-corrected chi connectivity index (χ3v) is 6.17. The number of hydrogen-bond acceptors (Lipinski definition) is 6. The Balaban J connectivity index is 1.72. The first kappa shape index (κ1) is 21.1. The zero-order valence-electron chi connectivity index (χ0n) is 16.8. The molecule has 1 N–H and O–H groups in total. The minimum atomic E-state index is -3.33. The van der Waals surface area contributed by atoms with Gasteiger partial charge in [-0.25, -0.2) is 8.42 Å². The highest BCUT2D eigenvalue weighted by Gasteiger charge is 2.30. The Morgan fingerprint density at radius 3 is 2.66 bits per heavy atom. The summed E-state index contributed by atoms with van der Waals surface area (Å²) in [4.78, 5) is 14.9. The van der Waals surface area contributed by atoms with Crippen LogP contribution in [0.1, 0.15) is 24.4 Å². The molecule has 7 nitrogen and oxygen atoms in total. The molecule has 1 fully saturated rings. The van der Waals surface area contributed by atoms with E-state index in [1.807, 2.05) is 18.2 Å². The molecule has 156 valence electrons. The zero-order chi connectivity index (χ0) is 21.0. The summed E-state index contributed by atoms with van der Waals surface area (Å²) < 4.78 is 34.2. The number of benzene rings is 2. The molecule has 0 aromatic heterocycles. The van der Waals surface area contributed by atoms with Gasteiger partial charge in [0, 0.05) is 29.6 Å². The van der Waals surface area contributed by atoms with Gasteiger partial charge in [-0.15, -0.1) is 0 Å². The second-order valence-corrected chi connectivity index (χ2v) is 9.10. The summed E-state index contributed by atoms with van der Waals surface area (Å²) in [5.74, 6) is 1.27. The number of rotatable bonds is 7. The first-order valence-electron chi connectivity index (χ1n) is 9.38. The largest absolute Gasteiger partial charge is 0.497 e. The van der Waals surface area contributed by atoms with Crippen molar-refractivity contribution in [3.8, 4) is 11.5 Å². The lowest BCUT2D eigenvalue weighted by atomic mass is 10.0. The van der Waals surface area contributed by atoms with Crippen LogP contribution < -0.4 is 14.8 Å². The molecule has 1 saturated heterocycles. The van der Waals surface area contributed by atoms with Crippen LogP contribution in [0.15, 0.2) is 47.4 Å². The van der Waals surface area contributed by atoms with Crippen molar-refractivity contribution in [2.45, 2.75) is 23.8 Å². The van der Waals surface area contributed by atoms with Crippen LogP contribution in [0.3, 0.4) is 0 Å². The highest BCUT2D eigenvalue weighted by molar-refractivity contribution is 7.90. The van der Waals surface area contributed by atoms with Crippen LogP contribution in [0, 0.1) is 0 Å². The van der Waals surface area contributed by atoms with Gasteiger partial charge in [-0.05, 0) is 43.7 Å². The predicted octanol–water partition coefficient (Wildman–Crippen LogP) is 2.88. The Labute approximate surface area is 171 Å². The molecular formula is C21H26N2O5S. The number of hydrogen-bond donors (Lipinski definition) is 1. The molecule has 1 atom stereocenters. The number of sulfone groups is 1. The Hall–Kier alpha value is -2.58. The fourth-order valence-corrected chi connectivity index (χ4v) is 4.32. The second-order valence-electron chi connectivity index (χ2n) is 7.08. The van der Waals surface area contributed by atoms with Gasteiger partial charge in [0.15, 0.2) is 9.84 Å². The molecule has 1 aliphatic rings. The number of carbonyl (C=O) groups is 1. The van der Waals surface area contributed by atoms with Gasteiger partial charge in [-0.3, -0.25) is 9.69 Å². The fraction of sp³-hybridized carbons (Fsp3) is 0.381. The van der Waals surface area contributed by atoms with Crippen molar-refractivity contribution in [1.82, 2.24) is 4.90 Å². The van der Waals surface area contributed by atoms with Gasteiger partial charge in [-0.2, -0.15) is 0 Å². The van der Waals surface area contributed by atoms with Crippen LogP contribution in [0.25, 0.3) is 0 Å². The molecule has 0 unspecified atom stereocenters. The van der Waals surface area contributed by atoms with Crippen molar-refractivity contribution in [2.75, 3.05) is 38.9 Å². The van der Waals surface area contributed by atoms with Crippen molar-refractivity contribution in [2.24, 2.45) is 0 Å². The van der Waals surface area contributed by atoms with Crippen LogP contribution in [-0.2, 0) is 14.6 Å². The lowest BCUT2D eigenvalue weighted by Gasteiger charge is -2.26. The second kappa shape index (κ2) is 8.84. The van der Waals surface area contributed by atoms with Crippen molar-refractivity contribution in [3.63, 3.8) is 0 Å². The average Bonchev–Trinajstić information content (AvgIpc) is 3.14. The van der Waals surface area contributed by atoms with Crippen molar-refractivity contribution in [3.05, 3.63) is 48.0 Å². The van der Waals surface area contributed by atoms with Crippen LogP contribution >= 0.6 is 0 Å². The van der Waals surface area contributed by atoms with Gasteiger partial charge >= 0.3 is 0 Å². The lowest BCUT2D eigenvalue weighted by molar-refractivity contribution is -0.117. The first-order valence-corrected chi connectivity index (χ1v) is 11.3. The molecule has 1 aliphatic heterocycles. The monoisotopic (exact) mass is 418 g/mol. The fourth-order valence-electron chi connectivity index (χ4n) is 3.65. The van der Waals surface area contributed by atoms with E-state index in [2.05, 4.69) is 10.2 Å². The van der Waals surface area contributed by atoms with Crippen LogP contribution in [0.2, 0.25) is 0 Å². The number of ether oxygens (including phenoxy) is 2. The number of nitrogens with zero attached hydrogens (tertiary/aromatic N) is 1. The molecule has 0 radical (unpaired) electrons. The summed E-state index contributed by atoms with van der Waals surface area (Å²) in [6, 6.07) is 12.1. The molecule has 0 saturated carbocycles. The summed E-state index contributed by atoms with van der Waals surface area (Å²) in [5.41, 5.74) is 1.49. The van der Waals surface area contributed by atoms with E-state index in [1.165, 1.54) is 12.1 Å². The van der Waals surface area contributed by atoms with Gasteiger partial charge in [0.05, 0.1) is 25.7 Å². The predicted molar refractivity (Wildman–Crippen MR) is 111 cm³/mol. The molecule has 1 amide bonds. The average molecular weight is 419 g/mol. The normalized spacial score (nSPS) is 17.1. The molecule has 1 heterocycles. The molecule has 0 bridgehead atoms. The summed E-state index contributed by atoms with van der Waals surface area (Å²) in [6.07, 6.45) is 3.06. The molecule has 8 heteroatoms. The highest BCUT2D eigenvalue weighted by atomic mass is 32.2. The number of anilines is 1. The van der Waals surface area contributed by atoms with E-state index in [0.29, 0.717) is 5.69 Å². The smallest absolute Gasteiger partial charge is 0.238 e. The van der Waals surface area contributed by atoms with E-state index in [4.69, 9.17) is 9.47 Å². The van der Waals surface area contributed by atoms with E-state index < -0.39 is 9.84 Å². The van der Waals surface area contributed by atoms with E-state index in [-0.39, 0.29) is 23.4 Å². The van der Waals surface area contributed by atoms with Gasteiger partial charge in [0.2, 0.25) is 5.91 Å². The van der Waals surface area contributed by atoms with E-state index in [9.17, 15) is 13.2 Å². The zero-order valence-corrected chi connectivity index (χ0v) is 17.7. The molecule has 29 heavy (non-hydrogen) atoms. The van der Waals surface area contributed by atoms with Crippen LogP contribution in [0.4, 0.5) is 5.69 Å². The molecule has 2 aromatic carbocycles. The van der Waals surface area contributed by atoms with E-state index in [1.54, 1.807) is 26.4 Å². The maximum Gasteiger partial charge on any atom is 0.238 e. The Bertz CT molecular complexity index is 990. The Morgan fingerprint density at radius 1 is 1.17 bits per heavy atom. The maximum absolute atomic E-state index is 12.6. The molecule has 3 rings (SSSR count). The van der Waals surface area contributed by atoms with Crippen molar-refractivity contribution >= 4 is 21.4 Å². The van der Waals surface area contributed by atoms with E-state index >= 15 is 0 Å². The molecule has 0 aliphatic carbocycles. The summed E-state index contributed by atoms with van der Waals surface area (Å²) in [6.45, 7) is 1.01. The van der Waals surface area contributed by atoms with Gasteiger partial charge in [0.1, 0.15) is 11.5 Å². The number of carbonyl (C=O) groups excluding carboxylic acids is 1. The number of likely N-dealkylation sites (tertiary alicyclic amines) is 1. The minimum Gasteiger partial charge on any atom is -0.497 e. The maximum atomic E-state index is 12.6. The summed E-state index contributed by atoms with van der Waals surface area (Å²) in [7, 11) is -0.0930.